The van der Waals surface area contributed by atoms with Gasteiger partial charge in [-0.3, -0.25) is 10.6 Å². The van der Waals surface area contributed by atoms with E-state index in [-0.39, 0.29) is 5.96 Å². The Balaban J connectivity index is 2.96. The van der Waals surface area contributed by atoms with E-state index in [0.29, 0.717) is 18.0 Å². The normalized spacial score (nSPS) is 11.2. The van der Waals surface area contributed by atoms with Crippen molar-refractivity contribution in [2.24, 2.45) is 4.99 Å². The van der Waals surface area contributed by atoms with Gasteiger partial charge in [-0.2, -0.15) is 0 Å². The smallest absolute Gasteiger partial charge is 0.414 e. The predicted molar refractivity (Wildman–Crippen MR) is 112 cm³/mol. The fourth-order valence-electron chi connectivity index (χ4n) is 1.79. The second kappa shape index (κ2) is 10.3. The van der Waals surface area contributed by atoms with E-state index in [1.165, 1.54) is 0 Å². The maximum atomic E-state index is 12.1. The fourth-order valence-corrected chi connectivity index (χ4v) is 1.95. The lowest BCUT2D eigenvalue weighted by atomic mass is 10.2. The minimum Gasteiger partial charge on any atom is -0.493 e. The standard InChI is InChI=1S/C19H28BrN3O5/c1-18(2,3)27-16(24)22-15(23-17(25)28-19(4,5)6)21-13-7-9-14(10-8-13)26-12-11-20/h7-10H,11-12H2,1-6H3,(H2,21,22,23,24,25). The summed E-state index contributed by atoms with van der Waals surface area (Å²) in [4.78, 5) is 28.4. The van der Waals surface area contributed by atoms with Gasteiger partial charge in [-0.25, -0.2) is 14.6 Å². The van der Waals surface area contributed by atoms with Crippen molar-refractivity contribution in [3.8, 4) is 5.75 Å². The zero-order valence-electron chi connectivity index (χ0n) is 17.1. The number of hydrogen-bond donors (Lipinski definition) is 2. The van der Waals surface area contributed by atoms with Crippen molar-refractivity contribution in [2.45, 2.75) is 52.7 Å². The van der Waals surface area contributed by atoms with Gasteiger partial charge in [0.15, 0.2) is 0 Å². The Morgan fingerprint density at radius 3 is 1.79 bits per heavy atom. The van der Waals surface area contributed by atoms with Crippen LogP contribution >= 0.6 is 15.9 Å². The first kappa shape index (κ1) is 23.7. The van der Waals surface area contributed by atoms with Gasteiger partial charge in [-0.1, -0.05) is 15.9 Å². The van der Waals surface area contributed by atoms with E-state index in [9.17, 15) is 9.59 Å². The Labute approximate surface area is 174 Å². The van der Waals surface area contributed by atoms with Crippen molar-refractivity contribution in [3.05, 3.63) is 24.3 Å². The van der Waals surface area contributed by atoms with Crippen LogP contribution in [0.2, 0.25) is 0 Å². The lowest BCUT2D eigenvalue weighted by Crippen LogP contribution is -2.47. The summed E-state index contributed by atoms with van der Waals surface area (Å²) in [5, 5.41) is 5.57. The molecule has 0 radical (unpaired) electrons. The SMILES string of the molecule is CC(C)(C)OC(=O)NC(=Nc1ccc(OCCBr)cc1)NC(=O)OC(C)(C)C. The predicted octanol–water partition coefficient (Wildman–Crippen LogP) is 4.50. The molecule has 0 atom stereocenters. The summed E-state index contributed by atoms with van der Waals surface area (Å²) < 4.78 is 15.9. The number of benzene rings is 1. The van der Waals surface area contributed by atoms with E-state index >= 15 is 0 Å². The third-order valence-corrected chi connectivity index (χ3v) is 2.99. The van der Waals surface area contributed by atoms with Crippen LogP contribution in [0.1, 0.15) is 41.5 Å². The maximum Gasteiger partial charge on any atom is 0.414 e. The molecular weight excluding hydrogens is 430 g/mol. The van der Waals surface area contributed by atoms with Crippen LogP contribution in [0.4, 0.5) is 15.3 Å². The van der Waals surface area contributed by atoms with Gasteiger partial charge in [0, 0.05) is 5.33 Å². The number of halogens is 1. The van der Waals surface area contributed by atoms with Gasteiger partial charge in [0.25, 0.3) is 0 Å². The Morgan fingerprint density at radius 1 is 0.929 bits per heavy atom. The minimum absolute atomic E-state index is 0.113. The Bertz CT molecular complexity index is 659. The van der Waals surface area contributed by atoms with E-state index in [2.05, 4.69) is 31.6 Å². The molecule has 28 heavy (non-hydrogen) atoms. The van der Waals surface area contributed by atoms with Crippen molar-refractivity contribution in [2.75, 3.05) is 11.9 Å². The molecule has 1 aromatic carbocycles. The molecule has 2 N–H and O–H groups in total. The van der Waals surface area contributed by atoms with E-state index < -0.39 is 23.4 Å². The molecule has 2 amide bonds. The highest BCUT2D eigenvalue weighted by molar-refractivity contribution is 9.09. The quantitative estimate of drug-likeness (QED) is 0.394. The largest absolute Gasteiger partial charge is 0.493 e. The van der Waals surface area contributed by atoms with Crippen LogP contribution in [0, 0.1) is 0 Å². The van der Waals surface area contributed by atoms with E-state index in [1.807, 2.05) is 0 Å². The molecule has 0 spiro atoms. The summed E-state index contributed by atoms with van der Waals surface area (Å²) in [7, 11) is 0. The van der Waals surface area contributed by atoms with Gasteiger partial charge in [0.2, 0.25) is 5.96 Å². The molecular formula is C19H28BrN3O5. The molecule has 0 bridgehead atoms. The van der Waals surface area contributed by atoms with Crippen molar-refractivity contribution in [1.82, 2.24) is 10.6 Å². The van der Waals surface area contributed by atoms with Crippen LogP contribution in [-0.4, -0.2) is 41.3 Å². The topological polar surface area (TPSA) is 98.3 Å². The monoisotopic (exact) mass is 457 g/mol. The molecule has 1 rings (SSSR count). The number of amides is 2. The first-order valence-corrected chi connectivity index (χ1v) is 9.87. The summed E-state index contributed by atoms with van der Waals surface area (Å²) in [6.45, 7) is 10.9. The van der Waals surface area contributed by atoms with Crippen molar-refractivity contribution in [1.29, 1.82) is 0 Å². The molecule has 0 saturated carbocycles. The number of carbonyl (C=O) groups excluding carboxylic acids is 2. The summed E-state index contributed by atoms with van der Waals surface area (Å²) in [5.74, 6) is 0.567. The lowest BCUT2D eigenvalue weighted by Gasteiger charge is -2.22. The zero-order valence-corrected chi connectivity index (χ0v) is 18.7. The summed E-state index contributed by atoms with van der Waals surface area (Å²) in [6, 6.07) is 6.86. The van der Waals surface area contributed by atoms with Crippen molar-refractivity contribution in [3.63, 3.8) is 0 Å². The molecule has 0 fully saturated rings. The molecule has 156 valence electrons. The molecule has 0 aliphatic carbocycles. The summed E-state index contributed by atoms with van der Waals surface area (Å²) >= 11 is 3.29. The van der Waals surface area contributed by atoms with Gasteiger partial charge in [-0.15, -0.1) is 0 Å². The van der Waals surface area contributed by atoms with Crippen LogP contribution in [0.25, 0.3) is 0 Å². The second-order valence-electron chi connectivity index (χ2n) is 7.75. The molecule has 8 nitrogen and oxygen atoms in total. The van der Waals surface area contributed by atoms with E-state index in [4.69, 9.17) is 14.2 Å². The van der Waals surface area contributed by atoms with Gasteiger partial charge in [0.05, 0.1) is 12.3 Å². The minimum atomic E-state index is -0.750. The second-order valence-corrected chi connectivity index (χ2v) is 8.54. The van der Waals surface area contributed by atoms with Gasteiger partial charge < -0.3 is 14.2 Å². The number of rotatable bonds is 4. The van der Waals surface area contributed by atoms with Gasteiger partial charge >= 0.3 is 12.2 Å². The average Bonchev–Trinajstić information content (AvgIpc) is 2.50. The van der Waals surface area contributed by atoms with Crippen LogP contribution in [0.5, 0.6) is 5.75 Å². The fraction of sp³-hybridized carbons (Fsp3) is 0.526. The molecule has 0 aliphatic heterocycles. The zero-order chi connectivity index (χ0) is 21.4. The summed E-state index contributed by atoms with van der Waals surface area (Å²) in [5.41, 5.74) is -0.904. The van der Waals surface area contributed by atoms with Crippen molar-refractivity contribution < 1.29 is 23.8 Å². The molecule has 0 heterocycles. The number of guanidine groups is 1. The number of nitrogens with one attached hydrogen (secondary N) is 2. The molecule has 0 aromatic heterocycles. The first-order valence-electron chi connectivity index (χ1n) is 8.75. The Morgan fingerprint density at radius 2 is 1.39 bits per heavy atom. The molecule has 0 aliphatic rings. The summed E-state index contributed by atoms with van der Waals surface area (Å²) in [6.07, 6.45) is -1.50. The highest BCUT2D eigenvalue weighted by Gasteiger charge is 2.21. The first-order chi connectivity index (χ1) is 12.9. The highest BCUT2D eigenvalue weighted by Crippen LogP contribution is 2.18. The number of ether oxygens (including phenoxy) is 3. The number of hydrogen-bond acceptors (Lipinski definition) is 6. The van der Waals surface area contributed by atoms with Gasteiger partial charge in [0.1, 0.15) is 17.0 Å². The highest BCUT2D eigenvalue weighted by atomic mass is 79.9. The van der Waals surface area contributed by atoms with Crippen LogP contribution < -0.4 is 15.4 Å². The van der Waals surface area contributed by atoms with Gasteiger partial charge in [-0.05, 0) is 65.8 Å². The van der Waals surface area contributed by atoms with Crippen LogP contribution in [-0.2, 0) is 9.47 Å². The number of alkyl carbamates (subject to hydrolysis) is 2. The number of aliphatic imine (C=N–C) groups is 1. The molecule has 9 heteroatoms. The molecule has 0 saturated heterocycles. The molecule has 1 aromatic rings. The maximum absolute atomic E-state index is 12.1. The number of carbonyl (C=O) groups is 2. The number of nitrogens with zero attached hydrogens (tertiary/aromatic N) is 1. The third kappa shape index (κ3) is 10.8. The third-order valence-electron chi connectivity index (χ3n) is 2.66. The van der Waals surface area contributed by atoms with Crippen LogP contribution in [0.3, 0.4) is 0 Å². The van der Waals surface area contributed by atoms with Crippen LogP contribution in [0.15, 0.2) is 29.3 Å². The lowest BCUT2D eigenvalue weighted by molar-refractivity contribution is 0.0545. The van der Waals surface area contributed by atoms with E-state index in [1.54, 1.807) is 65.8 Å². The number of alkyl halides is 1. The van der Waals surface area contributed by atoms with Crippen molar-refractivity contribution >= 4 is 39.8 Å². The Hall–Kier alpha value is -2.29. The average molecular weight is 458 g/mol. The van der Waals surface area contributed by atoms with E-state index in [0.717, 1.165) is 5.33 Å². The Kier molecular flexibility index (Phi) is 8.74. The molecule has 0 unspecified atom stereocenters.